The molecule has 1 atom stereocenters. The maximum absolute atomic E-state index is 12.4. The minimum absolute atomic E-state index is 0.158. The molecule has 0 saturated heterocycles. The van der Waals surface area contributed by atoms with Crippen molar-refractivity contribution in [1.82, 2.24) is 15.5 Å². The molecule has 108 valence electrons. The Labute approximate surface area is 121 Å². The number of nitrogens with one attached hydrogen (secondary N) is 2. The van der Waals surface area contributed by atoms with Crippen LogP contribution in [0.1, 0.15) is 46.5 Å². The standard InChI is InChI=1S/C15H16N4O2/c16-12-13(8-5-6-8)18-19-14(12)15(20)17-10-7-21-11-4-2-1-3-9(10)11/h1-4,8,10H,5-7,16H2,(H,17,20)(H,18,19). The van der Waals surface area contributed by atoms with Crippen LogP contribution in [0.15, 0.2) is 24.3 Å². The summed E-state index contributed by atoms with van der Waals surface area (Å²) in [5.41, 5.74) is 8.66. The van der Waals surface area contributed by atoms with Crippen molar-refractivity contribution in [3.8, 4) is 5.75 Å². The van der Waals surface area contributed by atoms with E-state index in [-0.39, 0.29) is 17.6 Å². The third-order valence-electron chi connectivity index (χ3n) is 4.04. The summed E-state index contributed by atoms with van der Waals surface area (Å²) >= 11 is 0. The molecule has 0 bridgehead atoms. The minimum Gasteiger partial charge on any atom is -0.491 e. The normalized spacial score (nSPS) is 19.9. The predicted octanol–water partition coefficient (Wildman–Crippen LogP) is 1.73. The number of hydrogen-bond acceptors (Lipinski definition) is 4. The smallest absolute Gasteiger partial charge is 0.274 e. The molecule has 2 aromatic rings. The van der Waals surface area contributed by atoms with Crippen molar-refractivity contribution in [2.75, 3.05) is 12.3 Å². The predicted molar refractivity (Wildman–Crippen MR) is 77.1 cm³/mol. The van der Waals surface area contributed by atoms with Crippen LogP contribution in [0.25, 0.3) is 0 Å². The fourth-order valence-electron chi connectivity index (χ4n) is 2.73. The second-order valence-corrected chi connectivity index (χ2v) is 5.55. The highest BCUT2D eigenvalue weighted by atomic mass is 16.5. The van der Waals surface area contributed by atoms with Crippen molar-refractivity contribution < 1.29 is 9.53 Å². The number of rotatable bonds is 3. The lowest BCUT2D eigenvalue weighted by molar-refractivity contribution is 0.0926. The molecule has 6 heteroatoms. The Bertz CT molecular complexity index is 705. The lowest BCUT2D eigenvalue weighted by Crippen LogP contribution is -2.30. The summed E-state index contributed by atoms with van der Waals surface area (Å²) in [6.45, 7) is 0.435. The first-order valence-electron chi connectivity index (χ1n) is 7.10. The fraction of sp³-hybridized carbons (Fsp3) is 0.333. The maximum atomic E-state index is 12.4. The number of nitrogen functional groups attached to an aromatic ring is 1. The summed E-state index contributed by atoms with van der Waals surface area (Å²) in [4.78, 5) is 12.4. The lowest BCUT2D eigenvalue weighted by atomic mass is 10.1. The van der Waals surface area contributed by atoms with E-state index >= 15 is 0 Å². The topological polar surface area (TPSA) is 93.0 Å². The summed E-state index contributed by atoms with van der Waals surface area (Å²) in [7, 11) is 0. The van der Waals surface area contributed by atoms with Crippen LogP contribution in [0.4, 0.5) is 5.69 Å². The number of para-hydroxylation sites is 1. The number of nitrogens with two attached hydrogens (primary N) is 1. The molecule has 1 amide bonds. The molecule has 4 rings (SSSR count). The molecule has 1 fully saturated rings. The van der Waals surface area contributed by atoms with Gasteiger partial charge in [-0.3, -0.25) is 9.89 Å². The van der Waals surface area contributed by atoms with Crippen LogP contribution in [0.5, 0.6) is 5.75 Å². The van der Waals surface area contributed by atoms with Gasteiger partial charge in [0.2, 0.25) is 0 Å². The molecule has 4 N–H and O–H groups in total. The van der Waals surface area contributed by atoms with Crippen LogP contribution in [0, 0.1) is 0 Å². The van der Waals surface area contributed by atoms with Crippen LogP contribution in [0.2, 0.25) is 0 Å². The van der Waals surface area contributed by atoms with Gasteiger partial charge in [-0.05, 0) is 18.9 Å². The number of aromatic nitrogens is 2. The highest BCUT2D eigenvalue weighted by molar-refractivity contribution is 5.98. The summed E-state index contributed by atoms with van der Waals surface area (Å²) in [5, 5.41) is 9.90. The van der Waals surface area contributed by atoms with Crippen LogP contribution < -0.4 is 15.8 Å². The van der Waals surface area contributed by atoms with E-state index < -0.39 is 0 Å². The Hall–Kier alpha value is -2.50. The van der Waals surface area contributed by atoms with Gasteiger partial charge in [-0.15, -0.1) is 0 Å². The first-order valence-corrected chi connectivity index (χ1v) is 7.10. The summed E-state index contributed by atoms with van der Waals surface area (Å²) < 4.78 is 5.56. The van der Waals surface area contributed by atoms with Gasteiger partial charge in [0, 0.05) is 11.5 Å². The van der Waals surface area contributed by atoms with E-state index in [1.807, 2.05) is 24.3 Å². The summed E-state index contributed by atoms with van der Waals surface area (Å²) in [5.74, 6) is 0.993. The van der Waals surface area contributed by atoms with Crippen LogP contribution in [-0.4, -0.2) is 22.7 Å². The van der Waals surface area contributed by atoms with E-state index in [2.05, 4.69) is 15.5 Å². The molecule has 6 nitrogen and oxygen atoms in total. The first-order chi connectivity index (χ1) is 10.2. The molecule has 2 aliphatic rings. The lowest BCUT2D eigenvalue weighted by Gasteiger charge is -2.10. The van der Waals surface area contributed by atoms with Crippen molar-refractivity contribution in [1.29, 1.82) is 0 Å². The van der Waals surface area contributed by atoms with Gasteiger partial charge in [-0.25, -0.2) is 0 Å². The van der Waals surface area contributed by atoms with E-state index in [0.29, 0.717) is 18.2 Å². The number of nitrogens with zero attached hydrogens (tertiary/aromatic N) is 1. The Morgan fingerprint density at radius 1 is 1.38 bits per heavy atom. The monoisotopic (exact) mass is 284 g/mol. The average Bonchev–Trinajstić information content (AvgIpc) is 3.15. The average molecular weight is 284 g/mol. The molecule has 1 unspecified atom stereocenters. The number of ether oxygens (including phenoxy) is 1. The maximum Gasteiger partial charge on any atom is 0.274 e. The van der Waals surface area contributed by atoms with Crippen molar-refractivity contribution in [3.63, 3.8) is 0 Å². The van der Waals surface area contributed by atoms with E-state index in [4.69, 9.17) is 10.5 Å². The third-order valence-corrected chi connectivity index (χ3v) is 4.04. The van der Waals surface area contributed by atoms with Crippen molar-refractivity contribution in [2.24, 2.45) is 0 Å². The van der Waals surface area contributed by atoms with Gasteiger partial charge >= 0.3 is 0 Å². The van der Waals surface area contributed by atoms with E-state index in [1.54, 1.807) is 0 Å². The van der Waals surface area contributed by atoms with Gasteiger partial charge in [0.1, 0.15) is 12.4 Å². The third kappa shape index (κ3) is 2.03. The fourth-order valence-corrected chi connectivity index (χ4v) is 2.73. The molecule has 1 aliphatic heterocycles. The molecular formula is C15H16N4O2. The zero-order valence-corrected chi connectivity index (χ0v) is 11.4. The van der Waals surface area contributed by atoms with Gasteiger partial charge < -0.3 is 15.8 Å². The summed E-state index contributed by atoms with van der Waals surface area (Å²) in [6.07, 6.45) is 2.22. The van der Waals surface area contributed by atoms with Gasteiger partial charge in [0.15, 0.2) is 5.69 Å². The second kappa shape index (κ2) is 4.51. The van der Waals surface area contributed by atoms with Crippen LogP contribution in [0.3, 0.4) is 0 Å². The molecule has 0 radical (unpaired) electrons. The Morgan fingerprint density at radius 2 is 2.19 bits per heavy atom. The molecule has 1 saturated carbocycles. The van der Waals surface area contributed by atoms with Crippen molar-refractivity contribution >= 4 is 11.6 Å². The van der Waals surface area contributed by atoms with E-state index in [1.165, 1.54) is 0 Å². The molecule has 1 aliphatic carbocycles. The van der Waals surface area contributed by atoms with Crippen LogP contribution in [-0.2, 0) is 0 Å². The number of H-pyrrole nitrogens is 1. The zero-order chi connectivity index (χ0) is 14.4. The van der Waals surface area contributed by atoms with Crippen LogP contribution >= 0.6 is 0 Å². The highest BCUT2D eigenvalue weighted by Gasteiger charge is 2.32. The number of anilines is 1. The number of benzene rings is 1. The van der Waals surface area contributed by atoms with Crippen molar-refractivity contribution in [2.45, 2.75) is 24.8 Å². The number of amides is 1. The van der Waals surface area contributed by atoms with Crippen molar-refractivity contribution in [3.05, 3.63) is 41.2 Å². The Balaban J connectivity index is 1.54. The molecule has 2 heterocycles. The van der Waals surface area contributed by atoms with Gasteiger partial charge in [-0.2, -0.15) is 5.10 Å². The van der Waals surface area contributed by atoms with Gasteiger partial charge in [0.25, 0.3) is 5.91 Å². The molecule has 21 heavy (non-hydrogen) atoms. The Kier molecular flexibility index (Phi) is 2.63. The zero-order valence-electron chi connectivity index (χ0n) is 11.4. The number of hydrogen-bond donors (Lipinski definition) is 3. The van der Waals surface area contributed by atoms with Gasteiger partial charge in [-0.1, -0.05) is 18.2 Å². The van der Waals surface area contributed by atoms with E-state index in [0.717, 1.165) is 29.8 Å². The second-order valence-electron chi connectivity index (χ2n) is 5.55. The first kappa shape index (κ1) is 12.3. The van der Waals surface area contributed by atoms with Gasteiger partial charge in [0.05, 0.1) is 17.4 Å². The molecule has 1 aromatic carbocycles. The SMILES string of the molecule is Nc1c(C(=O)NC2COc3ccccc32)n[nH]c1C1CC1. The minimum atomic E-state index is -0.263. The molecule has 1 aromatic heterocycles. The largest absolute Gasteiger partial charge is 0.491 e. The van der Waals surface area contributed by atoms with E-state index in [9.17, 15) is 4.79 Å². The quantitative estimate of drug-likeness (QED) is 0.800. The molecule has 0 spiro atoms. The number of aromatic amines is 1. The molecular weight excluding hydrogens is 268 g/mol. The summed E-state index contributed by atoms with van der Waals surface area (Å²) in [6, 6.07) is 7.54. The number of fused-ring (bicyclic) bond motifs is 1. The Morgan fingerprint density at radius 3 is 3.00 bits per heavy atom. The number of carbonyl (C=O) groups is 1. The number of carbonyl (C=O) groups excluding carboxylic acids is 1. The highest BCUT2D eigenvalue weighted by Crippen LogP contribution is 2.42.